The van der Waals surface area contributed by atoms with Crippen molar-refractivity contribution >= 4 is 17.7 Å². The lowest BCUT2D eigenvalue weighted by molar-refractivity contribution is 0.565. The fourth-order valence-electron chi connectivity index (χ4n) is 0.682. The van der Waals surface area contributed by atoms with Crippen LogP contribution in [0.2, 0.25) is 5.02 Å². The molecule has 0 saturated carbocycles. The Hall–Kier alpha value is -1.55. The van der Waals surface area contributed by atoms with Crippen molar-refractivity contribution < 1.29 is 4.79 Å². The molecule has 0 aliphatic rings. The van der Waals surface area contributed by atoms with Gasteiger partial charge in [-0.3, -0.25) is 0 Å². The predicted octanol–water partition coefficient (Wildman–Crippen LogP) is 1.98. The zero-order valence-corrected chi connectivity index (χ0v) is 6.80. The fraction of sp³-hybridized carbons (Fsp3) is 0. The van der Waals surface area contributed by atoms with E-state index in [1.807, 2.05) is 0 Å². The minimum atomic E-state index is 0.608. The second kappa shape index (κ2) is 4.35. The molecular weight excluding hydrogens is 174 g/mol. The number of benzene rings is 1. The van der Waals surface area contributed by atoms with Gasteiger partial charge >= 0.3 is 0 Å². The van der Waals surface area contributed by atoms with Crippen LogP contribution in [0.3, 0.4) is 0 Å². The molecule has 0 heterocycles. The number of carbonyl (C=O) groups excluding carboxylic acids is 1. The molecule has 0 radical (unpaired) electrons. The average Bonchev–Trinajstić information content (AvgIpc) is 2.05. The Morgan fingerprint density at radius 3 is 2.92 bits per heavy atom. The third-order valence-electron chi connectivity index (χ3n) is 1.13. The molecule has 1 aromatic carbocycles. The van der Waals surface area contributed by atoms with E-state index in [9.17, 15) is 4.79 Å². The normalized spacial score (nSPS) is 7.75. The summed E-state index contributed by atoms with van der Waals surface area (Å²) in [6, 6.07) is 9.26. The maximum Gasteiger partial charge on any atom is 0.249 e. The quantitative estimate of drug-likeness (QED) is 0.339. The largest absolute Gasteiger partial charge is 0.249 e. The van der Waals surface area contributed by atoms with Crippen LogP contribution >= 0.6 is 11.6 Å². The number of nitrogens with zero attached hydrogens (tertiary/aromatic N) is 1. The van der Waals surface area contributed by atoms with E-state index in [0.717, 1.165) is 5.56 Å². The minimum Gasteiger partial charge on any atom is -0.210 e. The van der Waals surface area contributed by atoms with Gasteiger partial charge in [0.05, 0.1) is 6.04 Å². The predicted molar refractivity (Wildman–Crippen MR) is 46.5 cm³/mol. The number of isocyanates is 1. The molecule has 1 aromatic rings. The molecule has 0 N–H and O–H groups in total. The van der Waals surface area contributed by atoms with E-state index in [-0.39, 0.29) is 0 Å². The van der Waals surface area contributed by atoms with Gasteiger partial charge in [-0.1, -0.05) is 17.7 Å². The van der Waals surface area contributed by atoms with Gasteiger partial charge in [0.25, 0.3) is 0 Å². The highest BCUT2D eigenvalue weighted by Crippen LogP contribution is 2.08. The summed E-state index contributed by atoms with van der Waals surface area (Å²) in [5.41, 5.74) is 0.724. The number of rotatable bonds is 0. The Morgan fingerprint density at radius 1 is 1.42 bits per heavy atom. The van der Waals surface area contributed by atoms with E-state index in [0.29, 0.717) is 5.02 Å². The van der Waals surface area contributed by atoms with Crippen LogP contribution in [0.1, 0.15) is 5.56 Å². The van der Waals surface area contributed by atoms with Crippen LogP contribution < -0.4 is 0 Å². The van der Waals surface area contributed by atoms with E-state index < -0.39 is 0 Å². The molecule has 0 atom stereocenters. The van der Waals surface area contributed by atoms with Crippen molar-refractivity contribution in [2.24, 2.45) is 4.99 Å². The Morgan fingerprint density at radius 2 is 2.25 bits per heavy atom. The summed E-state index contributed by atoms with van der Waals surface area (Å²) in [5, 5.41) is 0.608. The topological polar surface area (TPSA) is 29.4 Å². The zero-order chi connectivity index (χ0) is 8.81. The molecule has 0 fully saturated rings. The van der Waals surface area contributed by atoms with Gasteiger partial charge in [-0.25, -0.2) is 4.79 Å². The lowest BCUT2D eigenvalue weighted by Crippen LogP contribution is -1.71. The van der Waals surface area contributed by atoms with Crippen LogP contribution in [0.15, 0.2) is 29.3 Å². The molecule has 0 aliphatic heterocycles. The monoisotopic (exact) mass is 177 g/mol. The van der Waals surface area contributed by atoms with Gasteiger partial charge < -0.3 is 0 Å². The summed E-state index contributed by atoms with van der Waals surface area (Å²) < 4.78 is 0. The molecule has 0 amide bonds. The lowest BCUT2D eigenvalue weighted by atomic mass is 10.2. The van der Waals surface area contributed by atoms with Crippen molar-refractivity contribution in [3.63, 3.8) is 0 Å². The van der Waals surface area contributed by atoms with Crippen molar-refractivity contribution in [1.29, 1.82) is 0 Å². The number of hydrogen-bond acceptors (Lipinski definition) is 2. The minimum absolute atomic E-state index is 0.608. The van der Waals surface area contributed by atoms with E-state index in [4.69, 9.17) is 11.6 Å². The third kappa shape index (κ3) is 2.59. The Bertz CT molecular complexity index is 383. The summed E-state index contributed by atoms with van der Waals surface area (Å²) in [6.07, 6.45) is 1.32. The molecule has 1 rings (SSSR count). The van der Waals surface area contributed by atoms with Gasteiger partial charge in [-0.15, -0.1) is 4.99 Å². The summed E-state index contributed by atoms with van der Waals surface area (Å²) in [7, 11) is 0. The molecule has 0 spiro atoms. The molecule has 0 aliphatic carbocycles. The van der Waals surface area contributed by atoms with Crippen LogP contribution in [0.5, 0.6) is 0 Å². The first-order chi connectivity index (χ1) is 5.83. The second-order valence-electron chi connectivity index (χ2n) is 1.95. The average molecular weight is 178 g/mol. The molecule has 2 nitrogen and oxygen atoms in total. The van der Waals surface area contributed by atoms with E-state index in [1.54, 1.807) is 24.3 Å². The van der Waals surface area contributed by atoms with Crippen LogP contribution in [0.25, 0.3) is 0 Å². The maximum absolute atomic E-state index is 9.64. The summed E-state index contributed by atoms with van der Waals surface area (Å²) in [5.74, 6) is 2.62. The molecule has 3 heteroatoms. The third-order valence-corrected chi connectivity index (χ3v) is 1.36. The van der Waals surface area contributed by atoms with Gasteiger partial charge in [-0.05, 0) is 24.1 Å². The fourth-order valence-corrected chi connectivity index (χ4v) is 0.872. The van der Waals surface area contributed by atoms with Crippen LogP contribution in [0, 0.1) is 12.0 Å². The van der Waals surface area contributed by atoms with Gasteiger partial charge in [0.1, 0.15) is 0 Å². The number of hydrogen-bond donors (Lipinski definition) is 0. The zero-order valence-electron chi connectivity index (χ0n) is 6.04. The molecule has 0 saturated heterocycles. The highest BCUT2D eigenvalue weighted by atomic mass is 35.5. The summed E-state index contributed by atoms with van der Waals surface area (Å²) in [6.45, 7) is 0. The van der Waals surface area contributed by atoms with Crippen LogP contribution in [-0.4, -0.2) is 6.08 Å². The first-order valence-corrected chi connectivity index (χ1v) is 3.54. The lowest BCUT2D eigenvalue weighted by Gasteiger charge is -1.88. The maximum atomic E-state index is 9.64. The van der Waals surface area contributed by atoms with Gasteiger partial charge in [0.2, 0.25) is 6.08 Å². The Balaban J connectivity index is 2.92. The summed E-state index contributed by atoms with van der Waals surface area (Å²) in [4.78, 5) is 12.7. The van der Waals surface area contributed by atoms with Crippen LogP contribution in [0.4, 0.5) is 0 Å². The molecule has 0 aromatic heterocycles. The molecular formula is C9H4ClNO. The van der Waals surface area contributed by atoms with Gasteiger partial charge in [0, 0.05) is 10.6 Å². The highest BCUT2D eigenvalue weighted by Gasteiger charge is 1.87. The smallest absolute Gasteiger partial charge is 0.210 e. The Labute approximate surface area is 74.9 Å². The number of halogens is 1. The van der Waals surface area contributed by atoms with E-state index >= 15 is 0 Å². The van der Waals surface area contributed by atoms with Crippen molar-refractivity contribution in [3.05, 3.63) is 34.9 Å². The first-order valence-electron chi connectivity index (χ1n) is 3.16. The Kier molecular flexibility index (Phi) is 3.10. The SMILES string of the molecule is O=C=NC#Cc1cccc(Cl)c1. The first kappa shape index (κ1) is 8.55. The van der Waals surface area contributed by atoms with E-state index in [2.05, 4.69) is 17.0 Å². The molecule has 0 bridgehead atoms. The standard InChI is InChI=1S/C9H4ClNO/c10-9-3-1-2-8(6-9)4-5-11-7-12/h1-3,6H. The molecule has 12 heavy (non-hydrogen) atoms. The number of aliphatic imine (C=N–C) groups is 1. The molecule has 58 valence electrons. The van der Waals surface area contributed by atoms with E-state index in [1.165, 1.54) is 6.08 Å². The van der Waals surface area contributed by atoms with Gasteiger partial charge in [0.15, 0.2) is 0 Å². The van der Waals surface area contributed by atoms with Crippen LogP contribution in [-0.2, 0) is 4.79 Å². The highest BCUT2D eigenvalue weighted by molar-refractivity contribution is 6.30. The summed E-state index contributed by atoms with van der Waals surface area (Å²) >= 11 is 5.68. The van der Waals surface area contributed by atoms with Crippen molar-refractivity contribution in [3.8, 4) is 12.0 Å². The van der Waals surface area contributed by atoms with Gasteiger partial charge in [-0.2, -0.15) is 0 Å². The van der Waals surface area contributed by atoms with Crippen molar-refractivity contribution in [1.82, 2.24) is 0 Å². The van der Waals surface area contributed by atoms with Crippen molar-refractivity contribution in [2.75, 3.05) is 0 Å². The van der Waals surface area contributed by atoms with Crippen molar-refractivity contribution in [2.45, 2.75) is 0 Å². The second-order valence-corrected chi connectivity index (χ2v) is 2.39. The molecule has 0 unspecified atom stereocenters.